The van der Waals surface area contributed by atoms with Gasteiger partial charge in [-0.05, 0) is 57.7 Å². The molecule has 116 valence electrons. The number of hydrogen-bond donors (Lipinski definition) is 2. The van der Waals surface area contributed by atoms with Gasteiger partial charge < -0.3 is 10.6 Å². The molecule has 0 aromatic carbocycles. The monoisotopic (exact) mass is 281 g/mol. The molecule has 20 heavy (non-hydrogen) atoms. The van der Waals surface area contributed by atoms with E-state index < -0.39 is 0 Å². The number of nitrogens with one attached hydrogen (secondary N) is 2. The van der Waals surface area contributed by atoms with Crippen molar-refractivity contribution in [3.05, 3.63) is 0 Å². The van der Waals surface area contributed by atoms with Crippen molar-refractivity contribution < 1.29 is 4.79 Å². The molecule has 2 unspecified atom stereocenters. The van der Waals surface area contributed by atoms with Crippen LogP contribution in [-0.2, 0) is 4.79 Å². The van der Waals surface area contributed by atoms with E-state index in [0.29, 0.717) is 12.3 Å². The number of nitrogens with zero attached hydrogens (tertiary/aromatic N) is 1. The molecular formula is C16H31N3O. The Morgan fingerprint density at radius 2 is 2.25 bits per heavy atom. The fraction of sp³-hybridized carbons (Fsp3) is 0.938. The van der Waals surface area contributed by atoms with Crippen molar-refractivity contribution in [1.82, 2.24) is 15.5 Å². The molecule has 1 amide bonds. The van der Waals surface area contributed by atoms with Crippen molar-refractivity contribution in [3.63, 3.8) is 0 Å². The lowest BCUT2D eigenvalue weighted by Gasteiger charge is -2.35. The zero-order valence-electron chi connectivity index (χ0n) is 13.0. The maximum Gasteiger partial charge on any atom is 0.220 e. The quantitative estimate of drug-likeness (QED) is 0.747. The molecule has 0 aliphatic carbocycles. The van der Waals surface area contributed by atoms with Gasteiger partial charge in [0, 0.05) is 25.6 Å². The molecule has 2 atom stereocenters. The second-order valence-electron chi connectivity index (χ2n) is 6.34. The number of rotatable bonds is 7. The Kier molecular flexibility index (Phi) is 6.80. The van der Waals surface area contributed by atoms with E-state index in [1.807, 2.05) is 0 Å². The Morgan fingerprint density at radius 1 is 1.35 bits per heavy atom. The SMILES string of the molecule is CCC1CCCCN1CCNC(=O)CCC1CCNC1. The number of hydrogen-bond acceptors (Lipinski definition) is 3. The standard InChI is InChI=1S/C16H31N3O/c1-2-15-5-3-4-11-19(15)12-10-18-16(20)7-6-14-8-9-17-13-14/h14-15,17H,2-13H2,1H3,(H,18,20). The van der Waals surface area contributed by atoms with Crippen LogP contribution in [-0.4, -0.2) is 49.6 Å². The second kappa shape index (κ2) is 8.63. The predicted octanol–water partition coefficient (Wildman–Crippen LogP) is 1.76. The highest BCUT2D eigenvalue weighted by Gasteiger charge is 2.20. The maximum absolute atomic E-state index is 11.8. The van der Waals surface area contributed by atoms with Gasteiger partial charge in [-0.15, -0.1) is 0 Å². The fourth-order valence-corrected chi connectivity index (χ4v) is 3.54. The molecule has 2 N–H and O–H groups in total. The summed E-state index contributed by atoms with van der Waals surface area (Å²) in [6.45, 7) is 7.55. The lowest BCUT2D eigenvalue weighted by atomic mass is 10.0. The Hall–Kier alpha value is -0.610. The van der Waals surface area contributed by atoms with Crippen LogP contribution in [0.15, 0.2) is 0 Å². The molecule has 0 radical (unpaired) electrons. The highest BCUT2D eigenvalue weighted by Crippen LogP contribution is 2.18. The highest BCUT2D eigenvalue weighted by molar-refractivity contribution is 5.75. The van der Waals surface area contributed by atoms with Crippen LogP contribution in [0.2, 0.25) is 0 Å². The summed E-state index contributed by atoms with van der Waals surface area (Å²) in [4.78, 5) is 14.4. The van der Waals surface area contributed by atoms with Gasteiger partial charge in [0.15, 0.2) is 0 Å². The van der Waals surface area contributed by atoms with Crippen LogP contribution in [0.25, 0.3) is 0 Å². The zero-order chi connectivity index (χ0) is 14.2. The summed E-state index contributed by atoms with van der Waals surface area (Å²) in [6, 6.07) is 0.741. The van der Waals surface area contributed by atoms with E-state index in [4.69, 9.17) is 0 Å². The largest absolute Gasteiger partial charge is 0.355 e. The topological polar surface area (TPSA) is 44.4 Å². The van der Waals surface area contributed by atoms with E-state index in [2.05, 4.69) is 22.5 Å². The van der Waals surface area contributed by atoms with Gasteiger partial charge in [-0.25, -0.2) is 0 Å². The molecule has 2 fully saturated rings. The number of amides is 1. The molecule has 2 aliphatic heterocycles. The van der Waals surface area contributed by atoms with Gasteiger partial charge >= 0.3 is 0 Å². The molecule has 2 aliphatic rings. The molecule has 0 saturated carbocycles. The Labute approximate surface area is 123 Å². The molecule has 0 bridgehead atoms. The van der Waals surface area contributed by atoms with Gasteiger partial charge in [-0.2, -0.15) is 0 Å². The van der Waals surface area contributed by atoms with Crippen LogP contribution >= 0.6 is 0 Å². The van der Waals surface area contributed by atoms with Gasteiger partial charge in [0.2, 0.25) is 5.91 Å². The van der Waals surface area contributed by atoms with Crippen LogP contribution in [0.4, 0.5) is 0 Å². The molecule has 2 heterocycles. The van der Waals surface area contributed by atoms with E-state index in [0.717, 1.165) is 38.6 Å². The number of piperidine rings is 1. The first-order valence-electron chi connectivity index (χ1n) is 8.51. The number of likely N-dealkylation sites (tertiary alicyclic amines) is 1. The Morgan fingerprint density at radius 3 is 3.00 bits per heavy atom. The normalized spacial score (nSPS) is 27.6. The lowest BCUT2D eigenvalue weighted by Crippen LogP contribution is -2.43. The zero-order valence-corrected chi connectivity index (χ0v) is 13.0. The Bertz CT molecular complexity index is 289. The minimum atomic E-state index is 0.238. The molecule has 4 heteroatoms. The molecule has 2 rings (SSSR count). The number of carbonyl (C=O) groups excluding carboxylic acids is 1. The summed E-state index contributed by atoms with van der Waals surface area (Å²) < 4.78 is 0. The van der Waals surface area contributed by atoms with Gasteiger partial charge in [0.05, 0.1) is 0 Å². The van der Waals surface area contributed by atoms with Crippen molar-refractivity contribution >= 4 is 5.91 Å². The minimum absolute atomic E-state index is 0.238. The van der Waals surface area contributed by atoms with E-state index in [1.165, 1.54) is 38.6 Å². The van der Waals surface area contributed by atoms with Crippen molar-refractivity contribution in [3.8, 4) is 0 Å². The van der Waals surface area contributed by atoms with Crippen LogP contribution < -0.4 is 10.6 Å². The predicted molar refractivity (Wildman–Crippen MR) is 82.7 cm³/mol. The van der Waals surface area contributed by atoms with Crippen molar-refractivity contribution in [1.29, 1.82) is 0 Å². The summed E-state index contributed by atoms with van der Waals surface area (Å²) in [6.07, 6.45) is 8.24. The third kappa shape index (κ3) is 5.06. The third-order valence-corrected chi connectivity index (χ3v) is 4.88. The van der Waals surface area contributed by atoms with Gasteiger partial charge in [-0.3, -0.25) is 9.69 Å². The first-order valence-corrected chi connectivity index (χ1v) is 8.51. The summed E-state index contributed by atoms with van der Waals surface area (Å²) >= 11 is 0. The van der Waals surface area contributed by atoms with Gasteiger partial charge in [-0.1, -0.05) is 13.3 Å². The van der Waals surface area contributed by atoms with Gasteiger partial charge in [0.1, 0.15) is 0 Å². The molecule has 0 aromatic heterocycles. The summed E-state index contributed by atoms with van der Waals surface area (Å²) in [5.74, 6) is 0.953. The van der Waals surface area contributed by atoms with Crippen molar-refractivity contribution in [2.24, 2.45) is 5.92 Å². The van der Waals surface area contributed by atoms with Crippen LogP contribution in [0.3, 0.4) is 0 Å². The smallest absolute Gasteiger partial charge is 0.220 e. The van der Waals surface area contributed by atoms with E-state index in [9.17, 15) is 4.79 Å². The van der Waals surface area contributed by atoms with Crippen LogP contribution in [0, 0.1) is 5.92 Å². The Balaban J connectivity index is 1.56. The highest BCUT2D eigenvalue weighted by atomic mass is 16.1. The van der Waals surface area contributed by atoms with E-state index in [-0.39, 0.29) is 5.91 Å². The molecule has 0 spiro atoms. The van der Waals surface area contributed by atoms with E-state index in [1.54, 1.807) is 0 Å². The number of carbonyl (C=O) groups is 1. The third-order valence-electron chi connectivity index (χ3n) is 4.88. The average Bonchev–Trinajstić information content (AvgIpc) is 2.99. The first kappa shape index (κ1) is 15.8. The fourth-order valence-electron chi connectivity index (χ4n) is 3.54. The van der Waals surface area contributed by atoms with Crippen molar-refractivity contribution in [2.45, 2.75) is 57.9 Å². The van der Waals surface area contributed by atoms with E-state index >= 15 is 0 Å². The minimum Gasteiger partial charge on any atom is -0.355 e. The summed E-state index contributed by atoms with van der Waals surface area (Å²) in [7, 11) is 0. The van der Waals surface area contributed by atoms with Gasteiger partial charge in [0.25, 0.3) is 0 Å². The lowest BCUT2D eigenvalue weighted by molar-refractivity contribution is -0.121. The first-order chi connectivity index (χ1) is 9.79. The average molecular weight is 281 g/mol. The summed E-state index contributed by atoms with van der Waals surface area (Å²) in [5.41, 5.74) is 0. The van der Waals surface area contributed by atoms with Crippen molar-refractivity contribution in [2.75, 3.05) is 32.7 Å². The van der Waals surface area contributed by atoms with Crippen LogP contribution in [0.5, 0.6) is 0 Å². The molecule has 0 aromatic rings. The summed E-state index contributed by atoms with van der Waals surface area (Å²) in [5, 5.41) is 6.45. The molecule has 2 saturated heterocycles. The second-order valence-corrected chi connectivity index (χ2v) is 6.34. The van der Waals surface area contributed by atoms with Crippen LogP contribution in [0.1, 0.15) is 51.9 Å². The molecule has 4 nitrogen and oxygen atoms in total. The maximum atomic E-state index is 11.8. The molecular weight excluding hydrogens is 250 g/mol.